The second-order valence-corrected chi connectivity index (χ2v) is 7.59. The molecule has 0 fully saturated rings. The summed E-state index contributed by atoms with van der Waals surface area (Å²) in [7, 11) is 0. The summed E-state index contributed by atoms with van der Waals surface area (Å²) in [4.78, 5) is 25.3. The Morgan fingerprint density at radius 1 is 0.788 bits per heavy atom. The number of nitrogen functional groups attached to an aromatic ring is 1. The number of rotatable bonds is 10. The summed E-state index contributed by atoms with van der Waals surface area (Å²) in [6.07, 6.45) is 0. The maximum Gasteiger partial charge on any atom is 0.344 e. The van der Waals surface area contributed by atoms with Gasteiger partial charge in [0.05, 0.1) is 5.92 Å². The van der Waals surface area contributed by atoms with Gasteiger partial charge >= 0.3 is 11.9 Å². The van der Waals surface area contributed by atoms with Crippen LogP contribution in [0.2, 0.25) is 0 Å². The largest absolute Gasteiger partial charge is 0.482 e. The monoisotopic (exact) mass is 448 g/mol. The highest BCUT2D eigenvalue weighted by Crippen LogP contribution is 2.35. The van der Waals surface area contributed by atoms with Crippen LogP contribution in [0.5, 0.6) is 5.75 Å². The van der Waals surface area contributed by atoms with Crippen LogP contribution in [-0.2, 0) is 19.1 Å². The Morgan fingerprint density at radius 3 is 1.94 bits per heavy atom. The lowest BCUT2D eigenvalue weighted by Gasteiger charge is -2.25. The molecule has 0 heterocycles. The Bertz CT molecular complexity index is 1030. The summed E-state index contributed by atoms with van der Waals surface area (Å²) in [5.41, 5.74) is 9.43. The van der Waals surface area contributed by atoms with Crippen molar-refractivity contribution in [1.29, 1.82) is 0 Å². The molecule has 0 unspecified atom stereocenters. The van der Waals surface area contributed by atoms with Crippen molar-refractivity contribution in [2.45, 2.75) is 13.8 Å². The third kappa shape index (κ3) is 7.00. The molecule has 3 rings (SSSR count). The van der Waals surface area contributed by atoms with E-state index in [-0.39, 0.29) is 31.7 Å². The third-order valence-electron chi connectivity index (χ3n) is 4.68. The average molecular weight is 449 g/mol. The van der Waals surface area contributed by atoms with Crippen molar-refractivity contribution in [2.75, 3.05) is 30.5 Å². The standard InChI is InChI=1S/C26H28N2O5/c1-19(2)26(30)32-17-16-31-25(29)18-33-24-14-12-23(13-15-24)28(21-6-4-3-5-7-21)22-10-8-20(27)9-11-22/h3-15,19H,16-18,27H2,1-2H3. The molecule has 0 aliphatic heterocycles. The average Bonchev–Trinajstić information content (AvgIpc) is 2.83. The molecule has 2 N–H and O–H groups in total. The highest BCUT2D eigenvalue weighted by atomic mass is 16.6. The van der Waals surface area contributed by atoms with Crippen molar-refractivity contribution in [3.63, 3.8) is 0 Å². The van der Waals surface area contributed by atoms with Gasteiger partial charge in [0.15, 0.2) is 6.61 Å². The van der Waals surface area contributed by atoms with Gasteiger partial charge in [-0.2, -0.15) is 0 Å². The summed E-state index contributed by atoms with van der Waals surface area (Å²) in [6, 6.07) is 25.0. The first-order chi connectivity index (χ1) is 15.9. The summed E-state index contributed by atoms with van der Waals surface area (Å²) in [6.45, 7) is 3.26. The number of para-hydroxylation sites is 1. The van der Waals surface area contributed by atoms with Gasteiger partial charge in [-0.25, -0.2) is 4.79 Å². The molecule has 0 atom stereocenters. The van der Waals surface area contributed by atoms with Crippen LogP contribution in [-0.4, -0.2) is 31.8 Å². The zero-order chi connectivity index (χ0) is 23.6. The van der Waals surface area contributed by atoms with Crippen LogP contribution in [0.1, 0.15) is 13.8 Å². The molecule has 0 aromatic heterocycles. The van der Waals surface area contributed by atoms with E-state index in [1.807, 2.05) is 66.7 Å². The smallest absolute Gasteiger partial charge is 0.344 e. The summed E-state index contributed by atoms with van der Waals surface area (Å²) < 4.78 is 15.5. The minimum Gasteiger partial charge on any atom is -0.482 e. The van der Waals surface area contributed by atoms with Crippen LogP contribution in [0.25, 0.3) is 0 Å². The van der Waals surface area contributed by atoms with Crippen molar-refractivity contribution in [2.24, 2.45) is 5.92 Å². The minimum absolute atomic E-state index is 0.00673. The molecule has 0 bridgehead atoms. The van der Waals surface area contributed by atoms with Crippen molar-refractivity contribution in [3.8, 4) is 5.75 Å². The van der Waals surface area contributed by atoms with E-state index in [0.29, 0.717) is 11.4 Å². The van der Waals surface area contributed by atoms with Crippen LogP contribution >= 0.6 is 0 Å². The van der Waals surface area contributed by atoms with E-state index in [1.54, 1.807) is 26.0 Å². The Balaban J connectivity index is 1.59. The number of nitrogens with zero attached hydrogens (tertiary/aromatic N) is 1. The molecule has 33 heavy (non-hydrogen) atoms. The van der Waals surface area contributed by atoms with Crippen molar-refractivity contribution in [1.82, 2.24) is 0 Å². The molecule has 172 valence electrons. The second kappa shape index (κ2) is 11.6. The zero-order valence-corrected chi connectivity index (χ0v) is 18.8. The van der Waals surface area contributed by atoms with Gasteiger partial charge in [-0.05, 0) is 60.7 Å². The topological polar surface area (TPSA) is 91.1 Å². The van der Waals surface area contributed by atoms with Crippen molar-refractivity contribution >= 4 is 34.7 Å². The zero-order valence-electron chi connectivity index (χ0n) is 18.8. The van der Waals surface area contributed by atoms with Crippen LogP contribution in [0.15, 0.2) is 78.9 Å². The number of hydrogen-bond donors (Lipinski definition) is 1. The lowest BCUT2D eigenvalue weighted by Crippen LogP contribution is -2.20. The first-order valence-electron chi connectivity index (χ1n) is 10.7. The maximum absolute atomic E-state index is 11.9. The van der Waals surface area contributed by atoms with Gasteiger partial charge in [-0.15, -0.1) is 0 Å². The molecule has 7 nitrogen and oxygen atoms in total. The van der Waals surface area contributed by atoms with Crippen molar-refractivity contribution in [3.05, 3.63) is 78.9 Å². The summed E-state index contributed by atoms with van der Waals surface area (Å²) in [5, 5.41) is 0. The van der Waals surface area contributed by atoms with E-state index in [1.165, 1.54) is 0 Å². The van der Waals surface area contributed by atoms with Gasteiger partial charge in [0, 0.05) is 22.7 Å². The van der Waals surface area contributed by atoms with Crippen molar-refractivity contribution < 1.29 is 23.8 Å². The minimum atomic E-state index is -0.535. The SMILES string of the molecule is CC(C)C(=O)OCCOC(=O)COc1ccc(N(c2ccccc2)c2ccc(N)cc2)cc1. The summed E-state index contributed by atoms with van der Waals surface area (Å²) >= 11 is 0. The molecule has 7 heteroatoms. The van der Waals surface area contributed by atoms with E-state index in [2.05, 4.69) is 4.90 Å². The van der Waals surface area contributed by atoms with Gasteiger partial charge in [-0.1, -0.05) is 32.0 Å². The molecule has 0 spiro atoms. The molecular formula is C26H28N2O5. The van der Waals surface area contributed by atoms with E-state index >= 15 is 0 Å². The Hall–Kier alpha value is -4.00. The number of nitrogens with two attached hydrogens (primary N) is 1. The maximum atomic E-state index is 11.9. The number of benzene rings is 3. The Labute approximate surface area is 193 Å². The normalized spacial score (nSPS) is 10.5. The molecule has 0 aliphatic rings. The molecule has 0 saturated carbocycles. The molecule has 3 aromatic rings. The number of esters is 2. The number of ether oxygens (including phenoxy) is 3. The molecule has 0 saturated heterocycles. The molecule has 0 amide bonds. The second-order valence-electron chi connectivity index (χ2n) is 7.59. The third-order valence-corrected chi connectivity index (χ3v) is 4.68. The number of carbonyl (C=O) groups excluding carboxylic acids is 2. The predicted molar refractivity (Wildman–Crippen MR) is 128 cm³/mol. The van der Waals surface area contributed by atoms with Crippen LogP contribution in [0.3, 0.4) is 0 Å². The lowest BCUT2D eigenvalue weighted by molar-refractivity contribution is -0.155. The fourth-order valence-corrected chi connectivity index (χ4v) is 2.99. The quantitative estimate of drug-likeness (QED) is 0.269. The van der Waals surface area contributed by atoms with E-state index in [9.17, 15) is 9.59 Å². The van der Waals surface area contributed by atoms with Gasteiger partial charge in [-0.3, -0.25) is 4.79 Å². The highest BCUT2D eigenvalue weighted by molar-refractivity contribution is 5.77. The Kier molecular flexibility index (Phi) is 8.30. The first kappa shape index (κ1) is 23.7. The number of carbonyl (C=O) groups is 2. The van der Waals surface area contributed by atoms with Crippen LogP contribution in [0.4, 0.5) is 22.7 Å². The number of hydrogen-bond acceptors (Lipinski definition) is 7. The summed E-state index contributed by atoms with van der Waals surface area (Å²) in [5.74, 6) is -0.546. The molecule has 0 aliphatic carbocycles. The van der Waals surface area contributed by atoms with E-state index in [0.717, 1.165) is 17.1 Å². The van der Waals surface area contributed by atoms with E-state index in [4.69, 9.17) is 19.9 Å². The lowest BCUT2D eigenvalue weighted by atomic mass is 10.2. The van der Waals surface area contributed by atoms with Gasteiger partial charge < -0.3 is 24.8 Å². The molecular weight excluding hydrogens is 420 g/mol. The van der Waals surface area contributed by atoms with Gasteiger partial charge in [0.1, 0.15) is 19.0 Å². The Morgan fingerprint density at radius 2 is 1.33 bits per heavy atom. The van der Waals surface area contributed by atoms with Crippen LogP contribution in [0, 0.1) is 5.92 Å². The fourth-order valence-electron chi connectivity index (χ4n) is 2.99. The van der Waals surface area contributed by atoms with Crippen LogP contribution < -0.4 is 15.4 Å². The van der Waals surface area contributed by atoms with Gasteiger partial charge in [0.2, 0.25) is 0 Å². The first-order valence-corrected chi connectivity index (χ1v) is 10.7. The molecule has 0 radical (unpaired) electrons. The van der Waals surface area contributed by atoms with E-state index < -0.39 is 5.97 Å². The highest BCUT2D eigenvalue weighted by Gasteiger charge is 2.13. The fraction of sp³-hybridized carbons (Fsp3) is 0.231. The molecule has 3 aromatic carbocycles. The number of anilines is 4. The predicted octanol–water partition coefficient (Wildman–Crippen LogP) is 4.86. The van der Waals surface area contributed by atoms with Gasteiger partial charge in [0.25, 0.3) is 0 Å².